The van der Waals surface area contributed by atoms with Crippen molar-refractivity contribution in [3.8, 4) is 10.7 Å². The van der Waals surface area contributed by atoms with Gasteiger partial charge in [0.25, 0.3) is 11.8 Å². The van der Waals surface area contributed by atoms with E-state index in [0.29, 0.717) is 45.3 Å². The lowest BCUT2D eigenvalue weighted by Gasteiger charge is -2.29. The zero-order valence-corrected chi connectivity index (χ0v) is 41.5. The number of aliphatic hydroxyl groups excluding tert-OH is 3. The van der Waals surface area contributed by atoms with E-state index in [9.17, 15) is 48.9 Å². The lowest BCUT2D eigenvalue weighted by Crippen LogP contribution is -2.57. The maximum atomic E-state index is 13.8. The highest BCUT2D eigenvalue weighted by Gasteiger charge is 2.37. The Labute approximate surface area is 413 Å². The summed E-state index contributed by atoms with van der Waals surface area (Å²) in [5.74, 6) is -6.31. The molecule has 0 aromatic carbocycles. The van der Waals surface area contributed by atoms with Crippen LogP contribution in [0.2, 0.25) is 0 Å². The van der Waals surface area contributed by atoms with Crippen molar-refractivity contribution in [1.29, 1.82) is 0 Å². The molecule has 0 fully saturated rings. The third-order valence-corrected chi connectivity index (χ3v) is 13.3. The molecule has 0 saturated heterocycles. The Hall–Kier alpha value is -6.21. The summed E-state index contributed by atoms with van der Waals surface area (Å²) < 4.78 is 0. The van der Waals surface area contributed by atoms with Crippen LogP contribution in [0, 0.1) is 5.92 Å². The molecular formula is C41H61N16O10S3+. The quantitative estimate of drug-likeness (QED) is 0.0192. The number of nitrogens with one attached hydrogen (secondary N) is 7. The van der Waals surface area contributed by atoms with Gasteiger partial charge in [-0.3, -0.25) is 33.6 Å². The van der Waals surface area contributed by atoms with Crippen LogP contribution in [-0.4, -0.2) is 161 Å². The number of amides is 7. The van der Waals surface area contributed by atoms with Gasteiger partial charge in [-0.25, -0.2) is 24.9 Å². The molecule has 0 aliphatic heterocycles. The lowest BCUT2D eigenvalue weighted by atomic mass is 9.96. The predicted octanol–water partition coefficient (Wildman–Crippen LogP) is -3.76. The van der Waals surface area contributed by atoms with Crippen LogP contribution in [0.4, 0.5) is 5.82 Å². The molecule has 0 unspecified atom stereocenters. The van der Waals surface area contributed by atoms with E-state index in [0.717, 1.165) is 18.2 Å². The third-order valence-electron chi connectivity index (χ3n) is 10.4. The lowest BCUT2D eigenvalue weighted by molar-refractivity contribution is -0.136. The van der Waals surface area contributed by atoms with Gasteiger partial charge in [-0.15, -0.1) is 22.7 Å². The molecule has 4 aromatic rings. The Morgan fingerprint density at radius 2 is 1.56 bits per heavy atom. The minimum Gasteiger partial charge on any atom is -0.391 e. The van der Waals surface area contributed by atoms with Crippen LogP contribution in [0.3, 0.4) is 0 Å². The van der Waals surface area contributed by atoms with Crippen LogP contribution in [0.25, 0.3) is 10.7 Å². The third kappa shape index (κ3) is 16.7. The van der Waals surface area contributed by atoms with E-state index in [2.05, 4.69) is 74.3 Å². The van der Waals surface area contributed by atoms with Crippen LogP contribution in [0.15, 0.2) is 29.4 Å². The summed E-state index contributed by atoms with van der Waals surface area (Å²) in [5.41, 5.74) is 22.8. The molecule has 4 rings (SSSR count). The second-order valence-electron chi connectivity index (χ2n) is 16.4. The van der Waals surface area contributed by atoms with Crippen LogP contribution in [0.5, 0.6) is 0 Å². The fourth-order valence-electron chi connectivity index (χ4n) is 6.45. The highest BCUT2D eigenvalue weighted by molar-refractivity contribution is 7.95. The van der Waals surface area contributed by atoms with E-state index < -0.39 is 102 Å². The fraction of sp³-hybridized carbons (Fsp3) is 0.512. The second-order valence-corrected chi connectivity index (χ2v) is 20.6. The van der Waals surface area contributed by atoms with E-state index >= 15 is 0 Å². The van der Waals surface area contributed by atoms with Gasteiger partial charge >= 0.3 is 0 Å². The van der Waals surface area contributed by atoms with Gasteiger partial charge in [0.2, 0.25) is 29.5 Å². The molecule has 70 heavy (non-hydrogen) atoms. The predicted molar refractivity (Wildman–Crippen MR) is 260 cm³/mol. The van der Waals surface area contributed by atoms with Crippen molar-refractivity contribution in [3.63, 3.8) is 0 Å². The topological polar surface area (TPSA) is 437 Å². The van der Waals surface area contributed by atoms with Gasteiger partial charge < -0.3 is 75.1 Å². The van der Waals surface area contributed by atoms with Crippen molar-refractivity contribution in [1.82, 2.24) is 61.8 Å². The molecule has 0 radical (unpaired) electrons. The molecule has 26 nitrogen and oxygen atoms in total. The molecule has 9 atom stereocenters. The van der Waals surface area contributed by atoms with Crippen molar-refractivity contribution in [2.45, 2.75) is 88.6 Å². The zero-order chi connectivity index (χ0) is 51.8. The first kappa shape index (κ1) is 56.4. The summed E-state index contributed by atoms with van der Waals surface area (Å²) in [6, 6.07) is -5.70. The number of aromatic amines is 1. The number of nitrogen functional groups attached to an aromatic ring is 1. The summed E-state index contributed by atoms with van der Waals surface area (Å²) in [5, 5.41) is 53.3. The Morgan fingerprint density at radius 3 is 2.20 bits per heavy atom. The molecule has 0 aliphatic carbocycles. The highest BCUT2D eigenvalue weighted by atomic mass is 32.2. The molecule has 0 aliphatic rings. The number of aromatic nitrogens is 6. The summed E-state index contributed by atoms with van der Waals surface area (Å²) in [6.45, 7) is 4.39. The number of H-pyrrole nitrogens is 1. The Balaban J connectivity index is 1.36. The molecule has 4 aromatic heterocycles. The molecule has 18 N–H and O–H groups in total. The van der Waals surface area contributed by atoms with E-state index in [-0.39, 0.29) is 36.3 Å². The number of nitrogens with two attached hydrogens (primary N) is 4. The van der Waals surface area contributed by atoms with Crippen molar-refractivity contribution >= 4 is 80.7 Å². The Kier molecular flexibility index (Phi) is 21.5. The SMILES string of the molecule is C[C@H](C(=O)N[C@H](C(=O)NCCc1nc(-c2nc(C(=O)NCCC[S+](C)C)cs2)cs1)[C@@H](C)O)[C@H](O)[C@@H](C)NC(=O)[C@@H](NC(=O)c1cc(N)nc([C@H](CC(N)=O)NC[C@H](N)C(N)=O)n1)[C@@H](O)c1cnc[nH]1. The first-order valence-corrected chi connectivity index (χ1v) is 25.7. The second kappa shape index (κ2) is 26.7. The van der Waals surface area contributed by atoms with E-state index in [4.69, 9.17) is 22.9 Å². The van der Waals surface area contributed by atoms with Gasteiger partial charge in [0.15, 0.2) is 0 Å². The van der Waals surface area contributed by atoms with E-state index in [1.807, 2.05) is 0 Å². The van der Waals surface area contributed by atoms with Crippen molar-refractivity contribution < 1.29 is 48.9 Å². The molecular weight excluding hydrogens is 973 g/mol. The normalized spacial score (nSPS) is 15.3. The number of rotatable bonds is 28. The minimum absolute atomic E-state index is 0.000783. The summed E-state index contributed by atoms with van der Waals surface area (Å²) in [6.07, 6.45) is 2.70. The van der Waals surface area contributed by atoms with Crippen molar-refractivity contribution in [2.75, 3.05) is 43.6 Å². The minimum atomic E-state index is -1.80. The maximum Gasteiger partial charge on any atom is 0.270 e. The van der Waals surface area contributed by atoms with Crippen LogP contribution in [-0.2, 0) is 41.3 Å². The van der Waals surface area contributed by atoms with Crippen molar-refractivity contribution in [2.24, 2.45) is 23.1 Å². The van der Waals surface area contributed by atoms with Crippen molar-refractivity contribution in [3.05, 3.63) is 57.3 Å². The largest absolute Gasteiger partial charge is 0.391 e. The van der Waals surface area contributed by atoms with Crippen LogP contribution >= 0.6 is 22.7 Å². The van der Waals surface area contributed by atoms with Gasteiger partial charge in [0.05, 0.1) is 72.0 Å². The number of thiazole rings is 2. The number of anilines is 1. The number of nitrogens with zero attached hydrogens (tertiary/aromatic N) is 5. The standard InChI is InChI=1S/C41H60N16O10S3/c1-18(36(63)56-30(20(3)58)39(66)48-9-7-29-52-26(16-68-29)41-54-25(15-69-41)37(64)47-8-6-10-70(4)5)32(60)19(2)51-40(67)31(33(61)24-14-46-17-50-24)57-38(65)23-11-27(43)55-35(53-23)22(12-28(44)59)49-13-21(42)34(45)62/h11,14-22,30-33,49,58,60-61H,6-10,12-13,42H2,1-5H3,(H11-,43,44,45,46,47,48,50,51,53,55,56,57,59,62,63,64,65,66,67)/p+1/t18-,19+,20+,21-,22-,30-,31-,32-,33-/m0/s1. The molecule has 0 saturated carbocycles. The monoisotopic (exact) mass is 1030 g/mol. The maximum absolute atomic E-state index is 13.8. The first-order valence-electron chi connectivity index (χ1n) is 21.7. The number of hydrogen-bond acceptors (Lipinski definition) is 20. The van der Waals surface area contributed by atoms with Gasteiger partial charge in [-0.05, 0) is 24.7 Å². The number of carbonyl (C=O) groups excluding carboxylic acids is 7. The molecule has 0 bridgehead atoms. The number of primary amides is 2. The molecule has 7 amide bonds. The molecule has 382 valence electrons. The van der Waals surface area contributed by atoms with Gasteiger partial charge in [-0.2, -0.15) is 0 Å². The Morgan fingerprint density at radius 1 is 0.829 bits per heavy atom. The summed E-state index contributed by atoms with van der Waals surface area (Å²) in [7, 11) is 0.295. The summed E-state index contributed by atoms with van der Waals surface area (Å²) in [4.78, 5) is 114. The fourth-order valence-corrected chi connectivity index (χ4v) is 8.79. The average molecular weight is 1030 g/mol. The van der Waals surface area contributed by atoms with Crippen LogP contribution < -0.4 is 54.8 Å². The Bertz CT molecular complexity index is 2420. The van der Waals surface area contributed by atoms with E-state index in [1.54, 1.807) is 10.8 Å². The number of hydrogen-bond donors (Lipinski definition) is 14. The van der Waals surface area contributed by atoms with Gasteiger partial charge in [-0.1, -0.05) is 6.92 Å². The molecule has 0 spiro atoms. The van der Waals surface area contributed by atoms with Crippen LogP contribution in [0.1, 0.15) is 83.3 Å². The smallest absolute Gasteiger partial charge is 0.270 e. The first-order chi connectivity index (χ1) is 33.1. The average Bonchev–Trinajstić information content (AvgIpc) is 4.12. The van der Waals surface area contributed by atoms with E-state index in [1.165, 1.54) is 56.0 Å². The zero-order valence-electron chi connectivity index (χ0n) is 39.0. The molecule has 4 heterocycles. The number of imidazole rings is 1. The highest BCUT2D eigenvalue weighted by Crippen LogP contribution is 2.26. The van der Waals surface area contributed by atoms with Gasteiger partial charge in [0, 0.05) is 55.7 Å². The number of aliphatic hydroxyl groups is 3. The number of carbonyl (C=O) groups is 7. The molecule has 29 heteroatoms. The van der Waals surface area contributed by atoms with Gasteiger partial charge in [0.1, 0.15) is 57.7 Å². The summed E-state index contributed by atoms with van der Waals surface area (Å²) >= 11 is 2.62.